The number of hydrogen-bond acceptors (Lipinski definition) is 3. The van der Waals surface area contributed by atoms with Crippen LogP contribution in [0.1, 0.15) is 12.5 Å². The van der Waals surface area contributed by atoms with Crippen molar-refractivity contribution in [3.05, 3.63) is 48.0 Å². The third kappa shape index (κ3) is 3.82. The fourth-order valence-corrected chi connectivity index (χ4v) is 3.75. The Hall–Kier alpha value is -2.56. The van der Waals surface area contributed by atoms with E-state index in [-0.39, 0.29) is 17.8 Å². The maximum atomic E-state index is 11.9. The quantitative estimate of drug-likeness (QED) is 0.522. The van der Waals surface area contributed by atoms with Crippen LogP contribution in [0.25, 0.3) is 10.8 Å². The van der Waals surface area contributed by atoms with Crippen molar-refractivity contribution in [2.24, 2.45) is 16.8 Å². The molecule has 0 radical (unpaired) electrons. The van der Waals surface area contributed by atoms with E-state index >= 15 is 0 Å². The highest BCUT2D eigenvalue weighted by atomic mass is 16.5. The predicted molar refractivity (Wildman–Crippen MR) is 105 cm³/mol. The van der Waals surface area contributed by atoms with Gasteiger partial charge in [0.15, 0.2) is 5.96 Å². The second-order valence-corrected chi connectivity index (χ2v) is 6.87. The molecule has 0 saturated carbocycles. The van der Waals surface area contributed by atoms with Gasteiger partial charge in [0.2, 0.25) is 0 Å². The highest BCUT2D eigenvalue weighted by Gasteiger charge is 2.36. The van der Waals surface area contributed by atoms with Crippen molar-refractivity contribution in [1.82, 2.24) is 10.2 Å². The van der Waals surface area contributed by atoms with E-state index in [4.69, 9.17) is 4.74 Å². The lowest BCUT2D eigenvalue weighted by molar-refractivity contribution is -0.145. The number of methoxy groups -OCH3 is 1. The standard InChI is InChI=1S/C21H27N3O2/c1-15-13-24(14-19(15)20(25)26-3)21(22-2)23-12-11-17-9-6-8-16-7-4-5-10-18(16)17/h4-10,15,19H,11-14H2,1-3H3,(H,22,23). The van der Waals surface area contributed by atoms with E-state index in [2.05, 4.69) is 64.6 Å². The molecular formula is C21H27N3O2. The maximum absolute atomic E-state index is 11.9. The van der Waals surface area contributed by atoms with Crippen LogP contribution in [0.4, 0.5) is 0 Å². The van der Waals surface area contributed by atoms with Crippen LogP contribution in [0.2, 0.25) is 0 Å². The topological polar surface area (TPSA) is 53.9 Å². The maximum Gasteiger partial charge on any atom is 0.310 e. The molecule has 5 heteroatoms. The van der Waals surface area contributed by atoms with Gasteiger partial charge in [0.1, 0.15) is 0 Å². The van der Waals surface area contributed by atoms with Gasteiger partial charge < -0.3 is 15.0 Å². The number of carbonyl (C=O) groups excluding carboxylic acids is 1. The third-order valence-corrected chi connectivity index (χ3v) is 5.18. The molecule has 1 N–H and O–H groups in total. The van der Waals surface area contributed by atoms with Gasteiger partial charge in [0.25, 0.3) is 0 Å². The number of guanidine groups is 1. The summed E-state index contributed by atoms with van der Waals surface area (Å²) in [4.78, 5) is 18.4. The minimum Gasteiger partial charge on any atom is -0.469 e. The molecule has 1 aliphatic heterocycles. The summed E-state index contributed by atoms with van der Waals surface area (Å²) in [5.74, 6) is 0.894. The smallest absolute Gasteiger partial charge is 0.310 e. The fraction of sp³-hybridized carbons (Fsp3) is 0.429. The van der Waals surface area contributed by atoms with Gasteiger partial charge in [-0.2, -0.15) is 0 Å². The van der Waals surface area contributed by atoms with Crippen LogP contribution >= 0.6 is 0 Å². The van der Waals surface area contributed by atoms with E-state index in [1.807, 2.05) is 0 Å². The summed E-state index contributed by atoms with van der Waals surface area (Å²) >= 11 is 0. The van der Waals surface area contributed by atoms with Crippen LogP contribution in [0.3, 0.4) is 0 Å². The number of hydrogen-bond donors (Lipinski definition) is 1. The Balaban J connectivity index is 1.61. The molecule has 2 atom stereocenters. The summed E-state index contributed by atoms with van der Waals surface area (Å²) in [7, 11) is 3.24. The molecule has 138 valence electrons. The summed E-state index contributed by atoms with van der Waals surface area (Å²) < 4.78 is 4.92. The Bertz CT molecular complexity index is 797. The Kier molecular flexibility index (Phi) is 5.76. The molecule has 0 amide bonds. The van der Waals surface area contributed by atoms with Crippen molar-refractivity contribution < 1.29 is 9.53 Å². The summed E-state index contributed by atoms with van der Waals surface area (Å²) in [6.07, 6.45) is 0.921. The molecule has 1 heterocycles. The number of likely N-dealkylation sites (tertiary alicyclic amines) is 1. The molecule has 0 aliphatic carbocycles. The van der Waals surface area contributed by atoms with Crippen LogP contribution < -0.4 is 5.32 Å². The summed E-state index contributed by atoms with van der Waals surface area (Å²) in [6, 6.07) is 14.9. The van der Waals surface area contributed by atoms with E-state index < -0.39 is 0 Å². The van der Waals surface area contributed by atoms with Crippen LogP contribution in [0.15, 0.2) is 47.5 Å². The van der Waals surface area contributed by atoms with Gasteiger partial charge in [-0.15, -0.1) is 0 Å². The number of nitrogens with one attached hydrogen (secondary N) is 1. The van der Waals surface area contributed by atoms with E-state index in [0.717, 1.165) is 25.5 Å². The Labute approximate surface area is 155 Å². The predicted octanol–water partition coefficient (Wildman–Crippen LogP) is 2.70. The molecule has 1 aliphatic rings. The molecule has 0 spiro atoms. The van der Waals surface area contributed by atoms with Gasteiger partial charge in [-0.05, 0) is 28.7 Å². The van der Waals surface area contributed by atoms with Crippen molar-refractivity contribution in [3.63, 3.8) is 0 Å². The monoisotopic (exact) mass is 353 g/mol. The zero-order valence-corrected chi connectivity index (χ0v) is 15.7. The molecular weight excluding hydrogens is 326 g/mol. The minimum absolute atomic E-state index is 0.0865. The van der Waals surface area contributed by atoms with Gasteiger partial charge in [0.05, 0.1) is 13.0 Å². The molecule has 2 unspecified atom stereocenters. The number of rotatable bonds is 4. The number of nitrogens with zero attached hydrogens (tertiary/aromatic N) is 2. The first-order valence-corrected chi connectivity index (χ1v) is 9.14. The highest BCUT2D eigenvalue weighted by Crippen LogP contribution is 2.24. The zero-order valence-electron chi connectivity index (χ0n) is 15.7. The lowest BCUT2D eigenvalue weighted by Gasteiger charge is -2.21. The lowest BCUT2D eigenvalue weighted by Crippen LogP contribution is -2.41. The van der Waals surface area contributed by atoms with E-state index in [1.54, 1.807) is 7.05 Å². The molecule has 1 saturated heterocycles. The van der Waals surface area contributed by atoms with Crippen molar-refractivity contribution in [1.29, 1.82) is 0 Å². The second kappa shape index (κ2) is 8.21. The van der Waals surface area contributed by atoms with Gasteiger partial charge in [-0.3, -0.25) is 9.79 Å². The van der Waals surface area contributed by atoms with Crippen molar-refractivity contribution in [2.75, 3.05) is 33.8 Å². The number of benzene rings is 2. The van der Waals surface area contributed by atoms with E-state index in [0.29, 0.717) is 6.54 Å². The Morgan fingerprint density at radius 2 is 2.00 bits per heavy atom. The van der Waals surface area contributed by atoms with Crippen molar-refractivity contribution in [3.8, 4) is 0 Å². The van der Waals surface area contributed by atoms with Crippen LogP contribution in [-0.4, -0.2) is 50.6 Å². The number of esters is 1. The highest BCUT2D eigenvalue weighted by molar-refractivity contribution is 5.86. The van der Waals surface area contributed by atoms with E-state index in [1.165, 1.54) is 23.4 Å². The lowest BCUT2D eigenvalue weighted by atomic mass is 9.99. The molecule has 3 rings (SSSR count). The minimum atomic E-state index is -0.133. The summed E-state index contributed by atoms with van der Waals surface area (Å²) in [5.41, 5.74) is 1.33. The number of carbonyl (C=O) groups is 1. The number of aliphatic imine (C=N–C) groups is 1. The summed E-state index contributed by atoms with van der Waals surface area (Å²) in [6.45, 7) is 4.36. The Morgan fingerprint density at radius 3 is 2.77 bits per heavy atom. The van der Waals surface area contributed by atoms with Gasteiger partial charge in [-0.1, -0.05) is 49.4 Å². The SMILES string of the molecule is CN=C(NCCc1cccc2ccccc12)N1CC(C)C(C(=O)OC)C1. The average molecular weight is 353 g/mol. The largest absolute Gasteiger partial charge is 0.469 e. The van der Waals surface area contributed by atoms with Crippen molar-refractivity contribution in [2.45, 2.75) is 13.3 Å². The first kappa shape index (κ1) is 18.2. The van der Waals surface area contributed by atoms with Crippen LogP contribution in [-0.2, 0) is 16.0 Å². The first-order valence-electron chi connectivity index (χ1n) is 9.14. The van der Waals surface area contributed by atoms with Gasteiger partial charge in [-0.25, -0.2) is 0 Å². The fourth-order valence-electron chi connectivity index (χ4n) is 3.75. The van der Waals surface area contributed by atoms with Gasteiger partial charge in [0, 0.05) is 26.7 Å². The molecule has 0 bridgehead atoms. The molecule has 2 aromatic rings. The summed E-state index contributed by atoms with van der Waals surface area (Å²) in [5, 5.41) is 6.01. The number of ether oxygens (including phenoxy) is 1. The third-order valence-electron chi connectivity index (χ3n) is 5.18. The normalized spacial score (nSPS) is 20.4. The van der Waals surface area contributed by atoms with Crippen LogP contribution in [0, 0.1) is 11.8 Å². The first-order chi connectivity index (χ1) is 12.6. The van der Waals surface area contributed by atoms with Crippen LogP contribution in [0.5, 0.6) is 0 Å². The Morgan fingerprint density at radius 1 is 1.23 bits per heavy atom. The molecule has 26 heavy (non-hydrogen) atoms. The zero-order chi connectivity index (χ0) is 18.5. The molecule has 1 fully saturated rings. The molecule has 2 aromatic carbocycles. The van der Waals surface area contributed by atoms with Gasteiger partial charge >= 0.3 is 5.97 Å². The average Bonchev–Trinajstić information content (AvgIpc) is 3.06. The second-order valence-electron chi connectivity index (χ2n) is 6.87. The molecule has 0 aromatic heterocycles. The van der Waals surface area contributed by atoms with E-state index in [9.17, 15) is 4.79 Å². The van der Waals surface area contributed by atoms with Crippen molar-refractivity contribution >= 4 is 22.7 Å². The number of fused-ring (bicyclic) bond motifs is 1. The molecule has 5 nitrogen and oxygen atoms in total.